The monoisotopic (exact) mass is 582 g/mol. The van der Waals surface area contributed by atoms with Gasteiger partial charge in [0.25, 0.3) is 0 Å². The van der Waals surface area contributed by atoms with Gasteiger partial charge in [0.1, 0.15) is 5.82 Å². The SMILES string of the molecule is CC1(C)c2ccccc2C2(c3ccccc3Sc3cc(-n4c(-c5ccccc5)nc5ccccc54)ccc32)c2ccccc21. The third-order valence-corrected chi connectivity index (χ3v) is 10.9. The molecular weight excluding hydrogens is 553 g/mol. The van der Waals surface area contributed by atoms with Crippen LogP contribution in [0.25, 0.3) is 28.1 Å². The van der Waals surface area contributed by atoms with Gasteiger partial charge in [0, 0.05) is 26.5 Å². The number of hydrogen-bond acceptors (Lipinski definition) is 2. The highest BCUT2D eigenvalue weighted by Gasteiger charge is 2.52. The van der Waals surface area contributed by atoms with E-state index < -0.39 is 5.41 Å². The van der Waals surface area contributed by atoms with E-state index in [1.54, 1.807) is 0 Å². The van der Waals surface area contributed by atoms with Crippen LogP contribution < -0.4 is 0 Å². The lowest BCUT2D eigenvalue weighted by Gasteiger charge is -2.50. The van der Waals surface area contributed by atoms with Crippen molar-refractivity contribution in [2.75, 3.05) is 0 Å². The van der Waals surface area contributed by atoms with E-state index >= 15 is 0 Å². The molecule has 0 fully saturated rings. The fraction of sp³-hybridized carbons (Fsp3) is 0.0976. The van der Waals surface area contributed by atoms with Crippen LogP contribution in [0.5, 0.6) is 0 Å². The summed E-state index contributed by atoms with van der Waals surface area (Å²) >= 11 is 1.88. The maximum Gasteiger partial charge on any atom is 0.145 e. The number of imidazole rings is 1. The average molecular weight is 583 g/mol. The van der Waals surface area contributed by atoms with Crippen LogP contribution >= 0.6 is 11.8 Å². The number of para-hydroxylation sites is 2. The fourth-order valence-corrected chi connectivity index (χ4v) is 9.05. The second-order valence-electron chi connectivity index (χ2n) is 12.4. The summed E-state index contributed by atoms with van der Waals surface area (Å²) in [7, 11) is 0. The molecule has 0 unspecified atom stereocenters. The minimum Gasteiger partial charge on any atom is -0.292 e. The van der Waals surface area contributed by atoms with Crippen LogP contribution in [-0.4, -0.2) is 9.55 Å². The summed E-state index contributed by atoms with van der Waals surface area (Å²) in [5, 5.41) is 0. The van der Waals surface area contributed by atoms with Gasteiger partial charge in [-0.1, -0.05) is 141 Å². The van der Waals surface area contributed by atoms with Crippen molar-refractivity contribution in [2.24, 2.45) is 0 Å². The van der Waals surface area contributed by atoms with Crippen molar-refractivity contribution in [3.63, 3.8) is 0 Å². The van der Waals surface area contributed by atoms with Gasteiger partial charge < -0.3 is 0 Å². The lowest BCUT2D eigenvalue weighted by molar-refractivity contribution is 0.549. The van der Waals surface area contributed by atoms with E-state index in [0.29, 0.717) is 0 Å². The standard InChI is InChI=1S/C41H30N2S/c1-40(2)29-16-6-8-18-31(29)41(32-19-9-7-17-30(32)40)33-20-10-13-23-37(33)44-38-26-28(24-25-34(38)41)43-36-22-12-11-21-35(36)42-39(43)27-14-4-3-5-15-27/h3-26H,1-2H3. The molecule has 1 aromatic heterocycles. The highest BCUT2D eigenvalue weighted by Crippen LogP contribution is 2.61. The smallest absolute Gasteiger partial charge is 0.145 e. The summed E-state index contributed by atoms with van der Waals surface area (Å²) in [5.74, 6) is 0.956. The van der Waals surface area contributed by atoms with Gasteiger partial charge in [-0.2, -0.15) is 0 Å². The molecule has 1 spiro atoms. The van der Waals surface area contributed by atoms with Gasteiger partial charge in [-0.25, -0.2) is 4.98 Å². The molecule has 44 heavy (non-hydrogen) atoms. The molecule has 9 rings (SSSR count). The third-order valence-electron chi connectivity index (χ3n) is 9.74. The molecule has 2 nitrogen and oxygen atoms in total. The van der Waals surface area contributed by atoms with E-state index in [4.69, 9.17) is 4.98 Å². The van der Waals surface area contributed by atoms with Crippen LogP contribution in [0.15, 0.2) is 155 Å². The van der Waals surface area contributed by atoms with Crippen molar-refractivity contribution >= 4 is 22.8 Å². The second-order valence-corrected chi connectivity index (χ2v) is 13.5. The fourth-order valence-electron chi connectivity index (χ4n) is 7.82. The minimum atomic E-state index is -0.419. The van der Waals surface area contributed by atoms with E-state index in [0.717, 1.165) is 28.1 Å². The Morgan fingerprint density at radius 3 is 1.82 bits per heavy atom. The lowest BCUT2D eigenvalue weighted by Crippen LogP contribution is -2.43. The van der Waals surface area contributed by atoms with Crippen molar-refractivity contribution < 1.29 is 0 Å². The first kappa shape index (κ1) is 25.6. The van der Waals surface area contributed by atoms with E-state index in [-0.39, 0.29) is 5.41 Å². The van der Waals surface area contributed by atoms with Crippen molar-refractivity contribution in [1.82, 2.24) is 9.55 Å². The molecule has 2 heterocycles. The lowest BCUT2D eigenvalue weighted by atomic mass is 9.54. The van der Waals surface area contributed by atoms with Crippen LogP contribution in [0, 0.1) is 0 Å². The number of rotatable bonds is 2. The van der Waals surface area contributed by atoms with Gasteiger partial charge in [0.2, 0.25) is 0 Å². The topological polar surface area (TPSA) is 17.8 Å². The van der Waals surface area contributed by atoms with Crippen molar-refractivity contribution in [2.45, 2.75) is 34.5 Å². The largest absolute Gasteiger partial charge is 0.292 e. The quantitative estimate of drug-likeness (QED) is 0.202. The number of aromatic nitrogens is 2. The Kier molecular flexibility index (Phi) is 5.43. The zero-order valence-electron chi connectivity index (χ0n) is 24.7. The first-order valence-corrected chi connectivity index (χ1v) is 16.1. The molecule has 1 aliphatic heterocycles. The molecule has 0 amide bonds. The van der Waals surface area contributed by atoms with Gasteiger partial charge in [-0.15, -0.1) is 0 Å². The highest BCUT2D eigenvalue weighted by molar-refractivity contribution is 7.99. The average Bonchev–Trinajstić information content (AvgIpc) is 3.47. The van der Waals surface area contributed by atoms with E-state index in [1.807, 2.05) is 11.8 Å². The minimum absolute atomic E-state index is 0.113. The van der Waals surface area contributed by atoms with E-state index in [1.165, 1.54) is 43.2 Å². The van der Waals surface area contributed by atoms with E-state index in [2.05, 4.69) is 164 Å². The zero-order valence-corrected chi connectivity index (χ0v) is 25.5. The van der Waals surface area contributed by atoms with Crippen LogP contribution in [0.2, 0.25) is 0 Å². The molecule has 0 radical (unpaired) electrons. The summed E-state index contributed by atoms with van der Waals surface area (Å²) in [6.45, 7) is 4.75. The molecule has 0 saturated heterocycles. The van der Waals surface area contributed by atoms with Crippen molar-refractivity contribution in [1.29, 1.82) is 0 Å². The maximum absolute atomic E-state index is 5.12. The molecule has 0 atom stereocenters. The number of benzene rings is 6. The normalized spacial score (nSPS) is 15.3. The van der Waals surface area contributed by atoms with Gasteiger partial charge in [0.15, 0.2) is 0 Å². The molecule has 210 valence electrons. The molecule has 1 aliphatic carbocycles. The van der Waals surface area contributed by atoms with Crippen LogP contribution in [0.1, 0.15) is 47.2 Å². The van der Waals surface area contributed by atoms with Crippen LogP contribution in [-0.2, 0) is 10.8 Å². The van der Waals surface area contributed by atoms with Gasteiger partial charge in [-0.3, -0.25) is 4.57 Å². The summed E-state index contributed by atoms with van der Waals surface area (Å²) in [6.07, 6.45) is 0. The molecule has 0 N–H and O–H groups in total. The third kappa shape index (κ3) is 3.36. The first-order valence-electron chi connectivity index (χ1n) is 15.2. The molecule has 2 aliphatic rings. The van der Waals surface area contributed by atoms with Crippen LogP contribution in [0.3, 0.4) is 0 Å². The molecule has 3 heteroatoms. The van der Waals surface area contributed by atoms with Crippen molar-refractivity contribution in [3.8, 4) is 17.1 Å². The molecule has 6 aromatic carbocycles. The Balaban J connectivity index is 1.37. The maximum atomic E-state index is 5.12. The Bertz CT molecular complexity index is 2190. The van der Waals surface area contributed by atoms with Gasteiger partial charge in [0.05, 0.1) is 16.4 Å². The zero-order chi connectivity index (χ0) is 29.5. The second kappa shape index (κ2) is 9.32. The molecule has 0 saturated carbocycles. The Hall–Kier alpha value is -4.86. The van der Waals surface area contributed by atoms with Crippen LogP contribution in [0.4, 0.5) is 0 Å². The molecule has 7 aromatic rings. The Labute approximate surface area is 262 Å². The molecule has 0 bridgehead atoms. The Morgan fingerprint density at radius 1 is 0.523 bits per heavy atom. The summed E-state index contributed by atoms with van der Waals surface area (Å²) < 4.78 is 2.32. The Morgan fingerprint density at radius 2 is 1.09 bits per heavy atom. The van der Waals surface area contributed by atoms with Gasteiger partial charge in [-0.05, 0) is 63.7 Å². The summed E-state index contributed by atoms with van der Waals surface area (Å²) in [5.41, 5.74) is 12.0. The predicted molar refractivity (Wildman–Crippen MR) is 181 cm³/mol. The van der Waals surface area contributed by atoms with E-state index in [9.17, 15) is 0 Å². The summed E-state index contributed by atoms with van der Waals surface area (Å²) in [4.78, 5) is 7.71. The summed E-state index contributed by atoms with van der Waals surface area (Å²) in [6, 6.07) is 53.3. The first-order chi connectivity index (χ1) is 21.6. The van der Waals surface area contributed by atoms with Gasteiger partial charge >= 0.3 is 0 Å². The van der Waals surface area contributed by atoms with Crippen molar-refractivity contribution in [3.05, 3.63) is 179 Å². The predicted octanol–water partition coefficient (Wildman–Crippen LogP) is 10.2. The number of hydrogen-bond donors (Lipinski definition) is 0. The molecular formula is C41H30N2S. The number of nitrogens with zero attached hydrogens (tertiary/aromatic N) is 2. The number of fused-ring (bicyclic) bond motifs is 9. The highest BCUT2D eigenvalue weighted by atomic mass is 32.2.